The highest BCUT2D eigenvalue weighted by molar-refractivity contribution is 7.99. The van der Waals surface area contributed by atoms with Gasteiger partial charge in [-0.3, -0.25) is 10.1 Å². The van der Waals surface area contributed by atoms with Gasteiger partial charge in [0.15, 0.2) is 0 Å². The van der Waals surface area contributed by atoms with E-state index >= 15 is 0 Å². The number of rotatable bonds is 9. The van der Waals surface area contributed by atoms with E-state index in [0.717, 1.165) is 30.7 Å². The number of benzene rings is 1. The number of thioether (sulfide) groups is 1. The maximum absolute atomic E-state index is 12.8. The van der Waals surface area contributed by atoms with Gasteiger partial charge in [-0.2, -0.15) is 8.78 Å². The van der Waals surface area contributed by atoms with E-state index in [9.17, 15) is 13.6 Å². The second kappa shape index (κ2) is 9.80. The largest absolute Gasteiger partial charge is 0.309 e. The van der Waals surface area contributed by atoms with Crippen molar-refractivity contribution in [3.63, 3.8) is 0 Å². The van der Waals surface area contributed by atoms with E-state index in [1.54, 1.807) is 6.07 Å². The molecular weight excluding hydrogens is 396 g/mol. The van der Waals surface area contributed by atoms with Gasteiger partial charge in [-0.05, 0) is 49.1 Å². The number of halogens is 2. The molecule has 0 aliphatic carbocycles. The number of nitrogens with zero attached hydrogens (tertiary/aromatic N) is 4. The summed E-state index contributed by atoms with van der Waals surface area (Å²) < 4.78 is 27.6. The fourth-order valence-corrected chi connectivity index (χ4v) is 3.67. The number of nitrogens with one attached hydrogen (secondary N) is 1. The SMILES string of the molecule is CCN(CC)CCn1c(NC(=O)c2cccnc2SC(F)F)nc2ccccc21. The second-order valence-electron chi connectivity index (χ2n) is 6.29. The lowest BCUT2D eigenvalue weighted by Gasteiger charge is -2.19. The van der Waals surface area contributed by atoms with Gasteiger partial charge >= 0.3 is 0 Å². The maximum Gasteiger partial charge on any atom is 0.290 e. The highest BCUT2D eigenvalue weighted by Gasteiger charge is 2.19. The van der Waals surface area contributed by atoms with Crippen LogP contribution >= 0.6 is 11.8 Å². The molecule has 0 aliphatic rings. The molecule has 29 heavy (non-hydrogen) atoms. The number of amides is 1. The van der Waals surface area contributed by atoms with Gasteiger partial charge in [0.25, 0.3) is 11.7 Å². The van der Waals surface area contributed by atoms with Crippen LogP contribution in [0.1, 0.15) is 24.2 Å². The Morgan fingerprint density at radius 3 is 2.69 bits per heavy atom. The Morgan fingerprint density at radius 1 is 1.21 bits per heavy atom. The zero-order valence-corrected chi connectivity index (χ0v) is 17.1. The fourth-order valence-electron chi connectivity index (χ4n) is 3.09. The Hall–Kier alpha value is -2.52. The van der Waals surface area contributed by atoms with E-state index in [2.05, 4.69) is 34.0 Å². The van der Waals surface area contributed by atoms with Crippen LogP contribution in [0.15, 0.2) is 47.6 Å². The first-order chi connectivity index (χ1) is 14.0. The summed E-state index contributed by atoms with van der Waals surface area (Å²) in [5.41, 5.74) is 1.76. The van der Waals surface area contributed by atoms with E-state index in [-0.39, 0.29) is 22.4 Å². The van der Waals surface area contributed by atoms with Gasteiger partial charge in [-0.1, -0.05) is 26.0 Å². The number of likely N-dealkylation sites (N-methyl/N-ethyl adjacent to an activating group) is 1. The number of carbonyl (C=O) groups excluding carboxylic acids is 1. The van der Waals surface area contributed by atoms with Gasteiger partial charge in [0.05, 0.1) is 16.6 Å². The topological polar surface area (TPSA) is 63.0 Å². The predicted octanol–water partition coefficient (Wildman–Crippen LogP) is 4.34. The predicted molar refractivity (Wildman–Crippen MR) is 112 cm³/mol. The van der Waals surface area contributed by atoms with E-state index in [1.165, 1.54) is 12.3 Å². The van der Waals surface area contributed by atoms with E-state index in [4.69, 9.17) is 0 Å². The minimum atomic E-state index is -2.66. The van der Waals surface area contributed by atoms with Crippen molar-refractivity contribution in [3.8, 4) is 0 Å². The summed E-state index contributed by atoms with van der Waals surface area (Å²) in [6.45, 7) is 7.49. The second-order valence-corrected chi connectivity index (χ2v) is 7.27. The van der Waals surface area contributed by atoms with Crippen LogP contribution in [0.2, 0.25) is 0 Å². The van der Waals surface area contributed by atoms with E-state index < -0.39 is 11.7 Å². The Kier molecular flexibility index (Phi) is 7.16. The standard InChI is InChI=1S/C20H23F2N5OS/c1-3-26(4-2)12-13-27-16-10-6-5-9-15(16)24-20(27)25-17(28)14-8-7-11-23-18(14)29-19(21)22/h5-11,19H,3-4,12-13H2,1-2H3,(H,24,25,28). The molecule has 0 unspecified atom stereocenters. The van der Waals surface area contributed by atoms with Crippen molar-refractivity contribution in [1.29, 1.82) is 0 Å². The number of anilines is 1. The Bertz CT molecular complexity index is 974. The minimum Gasteiger partial charge on any atom is -0.309 e. The minimum absolute atomic E-state index is 0.00852. The van der Waals surface area contributed by atoms with Gasteiger partial charge in [0, 0.05) is 19.3 Å². The monoisotopic (exact) mass is 419 g/mol. The molecule has 1 amide bonds. The molecular formula is C20H23F2N5OS. The van der Waals surface area contributed by atoms with Crippen LogP contribution in [-0.2, 0) is 6.54 Å². The molecule has 0 spiro atoms. The van der Waals surface area contributed by atoms with Crippen LogP contribution in [0.5, 0.6) is 0 Å². The summed E-state index contributed by atoms with van der Waals surface area (Å²) >= 11 is 0.254. The highest BCUT2D eigenvalue weighted by Crippen LogP contribution is 2.27. The molecule has 2 heterocycles. The maximum atomic E-state index is 12.8. The molecule has 3 aromatic rings. The van der Waals surface area contributed by atoms with E-state index in [1.807, 2.05) is 28.8 Å². The zero-order chi connectivity index (χ0) is 20.8. The Balaban J connectivity index is 1.90. The molecule has 0 radical (unpaired) electrons. The Labute approximate surface area is 172 Å². The van der Waals surface area contributed by atoms with Crippen LogP contribution < -0.4 is 5.32 Å². The summed E-state index contributed by atoms with van der Waals surface area (Å²) in [5, 5.41) is 2.78. The van der Waals surface area contributed by atoms with Gasteiger partial charge < -0.3 is 9.47 Å². The number of carbonyl (C=O) groups is 1. The third kappa shape index (κ3) is 5.10. The van der Waals surface area contributed by atoms with Gasteiger partial charge in [-0.15, -0.1) is 0 Å². The summed E-state index contributed by atoms with van der Waals surface area (Å²) in [6, 6.07) is 10.7. The number of hydrogen-bond donors (Lipinski definition) is 1. The number of pyridine rings is 1. The number of imidazole rings is 1. The first-order valence-electron chi connectivity index (χ1n) is 9.42. The average Bonchev–Trinajstić information content (AvgIpc) is 3.05. The first kappa shape index (κ1) is 21.2. The Morgan fingerprint density at radius 2 is 1.97 bits per heavy atom. The number of fused-ring (bicyclic) bond motifs is 1. The smallest absolute Gasteiger partial charge is 0.290 e. The van der Waals surface area contributed by atoms with Crippen molar-refractivity contribution in [2.24, 2.45) is 0 Å². The van der Waals surface area contributed by atoms with Crippen molar-refractivity contribution < 1.29 is 13.6 Å². The number of aromatic nitrogens is 3. The lowest BCUT2D eigenvalue weighted by Crippen LogP contribution is -2.27. The average molecular weight is 420 g/mol. The van der Waals surface area contributed by atoms with Crippen LogP contribution in [0.25, 0.3) is 11.0 Å². The summed E-state index contributed by atoms with van der Waals surface area (Å²) in [5.74, 6) is -2.78. The third-order valence-electron chi connectivity index (χ3n) is 4.63. The van der Waals surface area contributed by atoms with Crippen molar-refractivity contribution in [3.05, 3.63) is 48.2 Å². The number of para-hydroxylation sites is 2. The summed E-state index contributed by atoms with van der Waals surface area (Å²) in [6.07, 6.45) is 1.39. The first-order valence-corrected chi connectivity index (χ1v) is 10.3. The van der Waals surface area contributed by atoms with Crippen LogP contribution in [-0.4, -0.2) is 50.7 Å². The fraction of sp³-hybridized carbons (Fsp3) is 0.350. The van der Waals surface area contributed by atoms with Crippen LogP contribution in [0.3, 0.4) is 0 Å². The number of alkyl halides is 2. The summed E-state index contributed by atoms with van der Waals surface area (Å²) in [4.78, 5) is 23.6. The van der Waals surface area contributed by atoms with Crippen LogP contribution in [0.4, 0.5) is 14.7 Å². The van der Waals surface area contributed by atoms with Crippen molar-refractivity contribution in [2.45, 2.75) is 31.2 Å². The normalized spacial score (nSPS) is 11.5. The van der Waals surface area contributed by atoms with Gasteiger partial charge in [-0.25, -0.2) is 9.97 Å². The van der Waals surface area contributed by atoms with Crippen molar-refractivity contribution in [2.75, 3.05) is 25.0 Å². The molecule has 2 aromatic heterocycles. The van der Waals surface area contributed by atoms with Crippen LogP contribution in [0, 0.1) is 0 Å². The molecule has 0 saturated carbocycles. The van der Waals surface area contributed by atoms with Gasteiger partial charge in [0.2, 0.25) is 5.95 Å². The lowest BCUT2D eigenvalue weighted by molar-refractivity contribution is 0.102. The zero-order valence-electron chi connectivity index (χ0n) is 16.3. The molecule has 1 aromatic carbocycles. The molecule has 0 fully saturated rings. The number of hydrogen-bond acceptors (Lipinski definition) is 5. The molecule has 154 valence electrons. The van der Waals surface area contributed by atoms with Crippen molar-refractivity contribution in [1.82, 2.24) is 19.4 Å². The van der Waals surface area contributed by atoms with E-state index in [0.29, 0.717) is 12.5 Å². The molecule has 9 heteroatoms. The lowest BCUT2D eigenvalue weighted by atomic mass is 10.3. The quantitative estimate of drug-likeness (QED) is 0.523. The molecule has 0 atom stereocenters. The molecule has 0 aliphatic heterocycles. The third-order valence-corrected chi connectivity index (χ3v) is 5.36. The molecule has 1 N–H and O–H groups in total. The van der Waals surface area contributed by atoms with Gasteiger partial charge in [0.1, 0.15) is 5.03 Å². The van der Waals surface area contributed by atoms with Crippen molar-refractivity contribution >= 4 is 34.7 Å². The molecule has 0 saturated heterocycles. The summed E-state index contributed by atoms with van der Waals surface area (Å²) in [7, 11) is 0. The highest BCUT2D eigenvalue weighted by atomic mass is 32.2. The molecule has 3 rings (SSSR count). The molecule has 0 bridgehead atoms. The molecule has 6 nitrogen and oxygen atoms in total.